The second-order valence-corrected chi connectivity index (χ2v) is 3.89. The Morgan fingerprint density at radius 1 is 1.27 bits per heavy atom. The molecular weight excluding hydrogens is 186 g/mol. The Bertz CT molecular complexity index is 260. The van der Waals surface area contributed by atoms with Crippen LogP contribution >= 0.6 is 0 Å². The Kier molecular flexibility index (Phi) is 5.37. The maximum absolute atomic E-state index is 5.12. The van der Waals surface area contributed by atoms with Gasteiger partial charge in [-0.05, 0) is 18.9 Å². The second kappa shape index (κ2) is 6.59. The standard InChI is InChI=1S/C13H21NO/c1-4-13(14-11(2)10-15-3)12-8-6-5-7-9-12/h5-9,11,13-14H,4,10H2,1-3H3/t11-,13+/m0/s1. The summed E-state index contributed by atoms with van der Waals surface area (Å²) in [5, 5.41) is 3.56. The van der Waals surface area contributed by atoms with Gasteiger partial charge in [0.05, 0.1) is 6.61 Å². The summed E-state index contributed by atoms with van der Waals surface area (Å²) in [4.78, 5) is 0. The second-order valence-electron chi connectivity index (χ2n) is 3.89. The maximum atomic E-state index is 5.12. The molecule has 0 aromatic heterocycles. The van der Waals surface area contributed by atoms with Crippen molar-refractivity contribution in [2.24, 2.45) is 0 Å². The van der Waals surface area contributed by atoms with Gasteiger partial charge in [-0.1, -0.05) is 37.3 Å². The lowest BCUT2D eigenvalue weighted by Crippen LogP contribution is -2.33. The molecule has 0 saturated carbocycles. The van der Waals surface area contributed by atoms with E-state index in [0.717, 1.165) is 13.0 Å². The van der Waals surface area contributed by atoms with Crippen LogP contribution in [-0.2, 0) is 4.74 Å². The van der Waals surface area contributed by atoms with Crippen molar-refractivity contribution in [3.8, 4) is 0 Å². The van der Waals surface area contributed by atoms with Crippen LogP contribution in [0.4, 0.5) is 0 Å². The van der Waals surface area contributed by atoms with Gasteiger partial charge in [0, 0.05) is 19.2 Å². The number of methoxy groups -OCH3 is 1. The molecule has 0 spiro atoms. The third-order valence-electron chi connectivity index (χ3n) is 2.51. The zero-order valence-electron chi connectivity index (χ0n) is 9.86. The van der Waals surface area contributed by atoms with Gasteiger partial charge in [0.25, 0.3) is 0 Å². The van der Waals surface area contributed by atoms with Gasteiger partial charge >= 0.3 is 0 Å². The molecule has 0 radical (unpaired) electrons. The summed E-state index contributed by atoms with van der Waals surface area (Å²) in [5.74, 6) is 0. The van der Waals surface area contributed by atoms with Gasteiger partial charge in [-0.3, -0.25) is 0 Å². The minimum Gasteiger partial charge on any atom is -0.383 e. The average Bonchev–Trinajstić information content (AvgIpc) is 2.27. The van der Waals surface area contributed by atoms with E-state index in [4.69, 9.17) is 4.74 Å². The van der Waals surface area contributed by atoms with E-state index in [0.29, 0.717) is 12.1 Å². The molecule has 0 fully saturated rings. The Labute approximate surface area is 92.6 Å². The predicted octanol–water partition coefficient (Wildman–Crippen LogP) is 2.76. The third kappa shape index (κ3) is 4.02. The molecule has 1 aromatic carbocycles. The highest BCUT2D eigenvalue weighted by atomic mass is 16.5. The van der Waals surface area contributed by atoms with Gasteiger partial charge in [-0.25, -0.2) is 0 Å². The van der Waals surface area contributed by atoms with Crippen LogP contribution in [0.3, 0.4) is 0 Å². The van der Waals surface area contributed by atoms with Crippen molar-refractivity contribution >= 4 is 0 Å². The molecule has 0 amide bonds. The average molecular weight is 207 g/mol. The lowest BCUT2D eigenvalue weighted by atomic mass is 10.0. The molecule has 0 bridgehead atoms. The molecular formula is C13H21NO. The van der Waals surface area contributed by atoms with Crippen molar-refractivity contribution in [3.05, 3.63) is 35.9 Å². The molecule has 1 N–H and O–H groups in total. The molecule has 2 heteroatoms. The monoisotopic (exact) mass is 207 g/mol. The lowest BCUT2D eigenvalue weighted by Gasteiger charge is -2.22. The lowest BCUT2D eigenvalue weighted by molar-refractivity contribution is 0.166. The fourth-order valence-electron chi connectivity index (χ4n) is 1.78. The van der Waals surface area contributed by atoms with Crippen molar-refractivity contribution in [1.29, 1.82) is 0 Å². The van der Waals surface area contributed by atoms with Crippen LogP contribution in [0.15, 0.2) is 30.3 Å². The molecule has 0 unspecified atom stereocenters. The van der Waals surface area contributed by atoms with Gasteiger partial charge in [0.1, 0.15) is 0 Å². The van der Waals surface area contributed by atoms with Crippen molar-refractivity contribution in [2.75, 3.05) is 13.7 Å². The summed E-state index contributed by atoms with van der Waals surface area (Å²) in [6.45, 7) is 5.10. The first-order valence-corrected chi connectivity index (χ1v) is 5.57. The van der Waals surface area contributed by atoms with Gasteiger partial charge in [0.15, 0.2) is 0 Å². The molecule has 84 valence electrons. The Morgan fingerprint density at radius 3 is 2.47 bits per heavy atom. The topological polar surface area (TPSA) is 21.3 Å². The van der Waals surface area contributed by atoms with E-state index in [2.05, 4.69) is 49.5 Å². The molecule has 0 aliphatic heterocycles. The fraction of sp³-hybridized carbons (Fsp3) is 0.538. The van der Waals surface area contributed by atoms with E-state index in [1.165, 1.54) is 5.56 Å². The summed E-state index contributed by atoms with van der Waals surface area (Å²) in [6.07, 6.45) is 1.10. The van der Waals surface area contributed by atoms with E-state index in [1.54, 1.807) is 7.11 Å². The summed E-state index contributed by atoms with van der Waals surface area (Å²) >= 11 is 0. The number of nitrogens with one attached hydrogen (secondary N) is 1. The van der Waals surface area contributed by atoms with Crippen LogP contribution in [0, 0.1) is 0 Å². The highest BCUT2D eigenvalue weighted by Gasteiger charge is 2.11. The van der Waals surface area contributed by atoms with Crippen LogP contribution in [0.2, 0.25) is 0 Å². The number of hydrogen-bond donors (Lipinski definition) is 1. The maximum Gasteiger partial charge on any atom is 0.0613 e. The first-order chi connectivity index (χ1) is 7.27. The molecule has 0 aliphatic rings. The minimum atomic E-state index is 0.389. The van der Waals surface area contributed by atoms with E-state index in [-0.39, 0.29) is 0 Å². The van der Waals surface area contributed by atoms with Gasteiger partial charge in [-0.2, -0.15) is 0 Å². The smallest absolute Gasteiger partial charge is 0.0613 e. The van der Waals surface area contributed by atoms with E-state index < -0.39 is 0 Å². The zero-order valence-corrected chi connectivity index (χ0v) is 9.86. The van der Waals surface area contributed by atoms with E-state index in [1.807, 2.05) is 0 Å². The molecule has 15 heavy (non-hydrogen) atoms. The molecule has 0 heterocycles. The Hall–Kier alpha value is -0.860. The number of ether oxygens (including phenoxy) is 1. The first-order valence-electron chi connectivity index (χ1n) is 5.57. The molecule has 0 saturated heterocycles. The first kappa shape index (κ1) is 12.2. The minimum absolute atomic E-state index is 0.389. The summed E-state index contributed by atoms with van der Waals surface area (Å²) in [5.41, 5.74) is 1.35. The van der Waals surface area contributed by atoms with Crippen molar-refractivity contribution < 1.29 is 4.74 Å². The van der Waals surface area contributed by atoms with Crippen LogP contribution in [0.1, 0.15) is 31.9 Å². The molecule has 0 aliphatic carbocycles. The third-order valence-corrected chi connectivity index (χ3v) is 2.51. The van der Waals surface area contributed by atoms with Crippen LogP contribution in [0.5, 0.6) is 0 Å². The summed E-state index contributed by atoms with van der Waals surface area (Å²) in [7, 11) is 1.74. The van der Waals surface area contributed by atoms with Crippen LogP contribution in [0.25, 0.3) is 0 Å². The van der Waals surface area contributed by atoms with Crippen LogP contribution in [-0.4, -0.2) is 19.8 Å². The summed E-state index contributed by atoms with van der Waals surface area (Å²) in [6, 6.07) is 11.4. The van der Waals surface area contributed by atoms with Gasteiger partial charge < -0.3 is 10.1 Å². The number of benzene rings is 1. The Balaban J connectivity index is 2.56. The van der Waals surface area contributed by atoms with Gasteiger partial charge in [0.2, 0.25) is 0 Å². The largest absolute Gasteiger partial charge is 0.383 e. The molecule has 2 atom stereocenters. The fourth-order valence-corrected chi connectivity index (χ4v) is 1.78. The van der Waals surface area contributed by atoms with Crippen LogP contribution < -0.4 is 5.32 Å². The van der Waals surface area contributed by atoms with E-state index in [9.17, 15) is 0 Å². The molecule has 1 rings (SSSR count). The van der Waals surface area contributed by atoms with Crippen molar-refractivity contribution in [1.82, 2.24) is 5.32 Å². The normalized spacial score (nSPS) is 14.9. The highest BCUT2D eigenvalue weighted by Crippen LogP contribution is 2.16. The number of hydrogen-bond acceptors (Lipinski definition) is 2. The van der Waals surface area contributed by atoms with Crippen molar-refractivity contribution in [3.63, 3.8) is 0 Å². The Morgan fingerprint density at radius 2 is 1.93 bits per heavy atom. The van der Waals surface area contributed by atoms with Gasteiger partial charge in [-0.15, -0.1) is 0 Å². The summed E-state index contributed by atoms with van der Waals surface area (Å²) < 4.78 is 5.12. The number of rotatable bonds is 6. The highest BCUT2D eigenvalue weighted by molar-refractivity contribution is 5.18. The quantitative estimate of drug-likeness (QED) is 0.774. The SMILES string of the molecule is CC[C@@H](N[C@@H](C)COC)c1ccccc1. The van der Waals surface area contributed by atoms with Crippen molar-refractivity contribution in [2.45, 2.75) is 32.4 Å². The van der Waals surface area contributed by atoms with E-state index >= 15 is 0 Å². The molecule has 2 nitrogen and oxygen atoms in total. The molecule has 1 aromatic rings. The zero-order chi connectivity index (χ0) is 11.1. The predicted molar refractivity (Wildman–Crippen MR) is 63.9 cm³/mol.